The number of nitro benzene ring substituents is 1. The van der Waals surface area contributed by atoms with Crippen molar-refractivity contribution in [2.24, 2.45) is 0 Å². The van der Waals surface area contributed by atoms with Gasteiger partial charge in [-0.3, -0.25) is 14.9 Å². The summed E-state index contributed by atoms with van der Waals surface area (Å²) in [5.74, 6) is -0.432. The first kappa shape index (κ1) is 28.8. The van der Waals surface area contributed by atoms with E-state index in [1.165, 1.54) is 10.7 Å². The van der Waals surface area contributed by atoms with Crippen molar-refractivity contribution in [3.05, 3.63) is 68.9 Å². The molecule has 0 saturated carbocycles. The van der Waals surface area contributed by atoms with E-state index in [9.17, 15) is 23.3 Å². The second kappa shape index (κ2) is 11.3. The summed E-state index contributed by atoms with van der Waals surface area (Å²) in [6.45, 7) is 12.6. The minimum atomic E-state index is -4.19. The van der Waals surface area contributed by atoms with E-state index in [1.807, 2.05) is 45.9 Å². The maximum absolute atomic E-state index is 13.1. The van der Waals surface area contributed by atoms with Crippen LogP contribution in [0.25, 0.3) is 5.69 Å². The number of amides is 1. The summed E-state index contributed by atoms with van der Waals surface area (Å²) >= 11 is 0. The molecule has 38 heavy (non-hydrogen) atoms. The highest BCUT2D eigenvalue weighted by Gasteiger charge is 2.29. The van der Waals surface area contributed by atoms with Gasteiger partial charge in [-0.05, 0) is 71.2 Å². The molecule has 1 aromatic heterocycles. The van der Waals surface area contributed by atoms with E-state index in [1.54, 1.807) is 20.8 Å². The smallest absolute Gasteiger partial charge is 0.272 e. The molecule has 3 aromatic rings. The molecule has 0 fully saturated rings. The molecule has 2 N–H and O–H groups in total. The minimum absolute atomic E-state index is 0.0920. The fourth-order valence-corrected chi connectivity index (χ4v) is 5.12. The Morgan fingerprint density at radius 3 is 2.42 bits per heavy atom. The molecule has 0 aliphatic carbocycles. The molecular weight excluding hydrogens is 510 g/mol. The summed E-state index contributed by atoms with van der Waals surface area (Å²) in [4.78, 5) is 23.4. The second-order valence-corrected chi connectivity index (χ2v) is 11.1. The number of aryl methyl sites for hydroxylation is 1. The number of carbonyl (C=O) groups is 1. The predicted octanol–water partition coefficient (Wildman–Crippen LogP) is 4.71. The average Bonchev–Trinajstić information content (AvgIpc) is 3.15. The van der Waals surface area contributed by atoms with Crippen LogP contribution < -0.4 is 14.8 Å². The van der Waals surface area contributed by atoms with Crippen molar-refractivity contribution in [2.45, 2.75) is 71.9 Å². The number of benzene rings is 2. The van der Waals surface area contributed by atoms with Crippen LogP contribution >= 0.6 is 0 Å². The third-order valence-corrected chi connectivity index (χ3v) is 7.78. The number of nitrogens with zero attached hydrogens (tertiary/aromatic N) is 3. The molecule has 0 saturated heterocycles. The van der Waals surface area contributed by atoms with Crippen LogP contribution in [0.4, 0.5) is 5.69 Å². The Labute approximate surface area is 222 Å². The maximum Gasteiger partial charge on any atom is 0.272 e. The van der Waals surface area contributed by atoms with Gasteiger partial charge >= 0.3 is 0 Å². The average molecular weight is 544 g/mol. The van der Waals surface area contributed by atoms with Gasteiger partial charge in [0.1, 0.15) is 10.6 Å². The Hall–Kier alpha value is -3.77. The van der Waals surface area contributed by atoms with Gasteiger partial charge in [-0.2, -0.15) is 9.78 Å². The summed E-state index contributed by atoms with van der Waals surface area (Å²) in [5.41, 5.74) is 2.59. The number of hydrogen-bond donors (Lipinski definition) is 2. The lowest BCUT2D eigenvalue weighted by atomic mass is 10.1. The van der Waals surface area contributed by atoms with Gasteiger partial charge in [0.15, 0.2) is 5.69 Å². The number of rotatable bonds is 10. The van der Waals surface area contributed by atoms with Crippen molar-refractivity contribution in [3.63, 3.8) is 0 Å². The number of sulfonamides is 1. The molecule has 1 atom stereocenters. The van der Waals surface area contributed by atoms with Crippen molar-refractivity contribution >= 4 is 21.6 Å². The van der Waals surface area contributed by atoms with Crippen LogP contribution in [0.15, 0.2) is 41.3 Å². The number of nitrogens with one attached hydrogen (secondary N) is 2. The topological polar surface area (TPSA) is 145 Å². The molecule has 2 aromatic carbocycles. The van der Waals surface area contributed by atoms with Gasteiger partial charge in [-0.25, -0.2) is 13.1 Å². The van der Waals surface area contributed by atoms with Crippen LogP contribution in [-0.4, -0.2) is 41.1 Å². The third-order valence-electron chi connectivity index (χ3n) is 6.10. The van der Waals surface area contributed by atoms with Crippen LogP contribution in [0.2, 0.25) is 0 Å². The highest BCUT2D eigenvalue weighted by atomic mass is 32.2. The summed E-state index contributed by atoms with van der Waals surface area (Å²) < 4.78 is 36.3. The minimum Gasteiger partial charge on any atom is -0.437 e. The SMILES string of the molecule is CCC(C)NC(=O)c1nn(-c2cccc(C)c2C)c(Oc2ccc([N+](=O)[O-])cc2S(=O)(=O)NC(C)C)c1C. The molecule has 12 heteroatoms. The van der Waals surface area contributed by atoms with Crippen LogP contribution in [-0.2, 0) is 10.0 Å². The molecular formula is C26H33N5O6S. The number of ether oxygens (including phenoxy) is 1. The zero-order chi connectivity index (χ0) is 28.4. The van der Waals surface area contributed by atoms with Crippen LogP contribution in [0.5, 0.6) is 11.6 Å². The number of aromatic nitrogens is 2. The highest BCUT2D eigenvalue weighted by Crippen LogP contribution is 2.36. The molecule has 0 spiro atoms. The van der Waals surface area contributed by atoms with E-state index < -0.39 is 37.5 Å². The molecule has 0 aliphatic heterocycles. The van der Waals surface area contributed by atoms with E-state index in [2.05, 4.69) is 15.1 Å². The van der Waals surface area contributed by atoms with Crippen LogP contribution in [0.1, 0.15) is 61.3 Å². The predicted molar refractivity (Wildman–Crippen MR) is 144 cm³/mol. The second-order valence-electron chi connectivity index (χ2n) is 9.46. The Morgan fingerprint density at radius 2 is 1.82 bits per heavy atom. The fraction of sp³-hybridized carbons (Fsp3) is 0.385. The largest absolute Gasteiger partial charge is 0.437 e. The van der Waals surface area contributed by atoms with E-state index >= 15 is 0 Å². The van der Waals surface area contributed by atoms with E-state index in [0.717, 1.165) is 29.7 Å². The first-order valence-corrected chi connectivity index (χ1v) is 13.7. The van der Waals surface area contributed by atoms with Crippen molar-refractivity contribution in [3.8, 4) is 17.3 Å². The molecule has 1 amide bonds. The molecule has 1 heterocycles. The van der Waals surface area contributed by atoms with Gasteiger partial charge in [0.05, 0.1) is 10.6 Å². The van der Waals surface area contributed by atoms with Crippen molar-refractivity contribution in [2.75, 3.05) is 0 Å². The summed E-state index contributed by atoms with van der Waals surface area (Å²) in [7, 11) is -4.19. The first-order valence-electron chi connectivity index (χ1n) is 12.2. The maximum atomic E-state index is 13.1. The Balaban J connectivity index is 2.25. The zero-order valence-electron chi connectivity index (χ0n) is 22.5. The number of nitro groups is 1. The van der Waals surface area contributed by atoms with E-state index in [-0.39, 0.29) is 23.4 Å². The van der Waals surface area contributed by atoms with Gasteiger partial charge in [0.2, 0.25) is 15.9 Å². The molecule has 3 rings (SSSR count). The number of hydrogen-bond acceptors (Lipinski definition) is 7. The Bertz CT molecular complexity index is 1480. The van der Waals surface area contributed by atoms with Gasteiger partial charge in [-0.15, -0.1) is 0 Å². The molecule has 0 aliphatic rings. The number of non-ortho nitro benzene ring substituents is 1. The monoisotopic (exact) mass is 543 g/mol. The van der Waals surface area contributed by atoms with Crippen molar-refractivity contribution in [1.29, 1.82) is 0 Å². The molecule has 204 valence electrons. The Morgan fingerprint density at radius 1 is 1.13 bits per heavy atom. The van der Waals surface area contributed by atoms with E-state index in [4.69, 9.17) is 4.74 Å². The van der Waals surface area contributed by atoms with Gasteiger partial charge < -0.3 is 10.1 Å². The highest BCUT2D eigenvalue weighted by molar-refractivity contribution is 7.89. The third kappa shape index (κ3) is 6.03. The van der Waals surface area contributed by atoms with Gasteiger partial charge in [0.25, 0.3) is 11.6 Å². The first-order chi connectivity index (χ1) is 17.8. The molecule has 1 unspecified atom stereocenters. The molecule has 11 nitrogen and oxygen atoms in total. The lowest BCUT2D eigenvalue weighted by Gasteiger charge is -2.16. The Kier molecular flexibility index (Phi) is 8.58. The number of carbonyl (C=O) groups excluding carboxylic acids is 1. The normalized spacial score (nSPS) is 12.4. The van der Waals surface area contributed by atoms with E-state index in [0.29, 0.717) is 11.3 Å². The van der Waals surface area contributed by atoms with Crippen LogP contribution in [0, 0.1) is 30.9 Å². The fourth-order valence-electron chi connectivity index (χ4n) is 3.72. The summed E-state index contributed by atoms with van der Waals surface area (Å²) in [5, 5.41) is 18.9. The molecule has 0 bridgehead atoms. The van der Waals surface area contributed by atoms with Gasteiger partial charge in [0, 0.05) is 29.8 Å². The quantitative estimate of drug-likeness (QED) is 0.278. The molecule has 0 radical (unpaired) electrons. The van der Waals surface area contributed by atoms with Crippen LogP contribution in [0.3, 0.4) is 0 Å². The van der Waals surface area contributed by atoms with Crippen molar-refractivity contribution < 1.29 is 22.9 Å². The standard InChI is InChI=1S/C26H33N5O6S/c1-8-17(5)27-25(32)24-19(7)26(30(28-24)21-11-9-10-16(4)18(21)6)37-22-13-12-20(31(33)34)14-23(22)38(35,36)29-15(2)3/h9-15,17,29H,8H2,1-7H3,(H,27,32). The zero-order valence-corrected chi connectivity index (χ0v) is 23.3. The lowest BCUT2D eigenvalue weighted by Crippen LogP contribution is -2.32. The lowest BCUT2D eigenvalue weighted by molar-refractivity contribution is -0.385. The van der Waals surface area contributed by atoms with Crippen molar-refractivity contribution in [1.82, 2.24) is 19.8 Å². The summed E-state index contributed by atoms with van der Waals surface area (Å²) in [6, 6.07) is 8.36. The summed E-state index contributed by atoms with van der Waals surface area (Å²) in [6.07, 6.45) is 0.721. The van der Waals surface area contributed by atoms with Gasteiger partial charge in [-0.1, -0.05) is 19.1 Å².